The lowest BCUT2D eigenvalue weighted by Gasteiger charge is -2.34. The molecule has 0 aromatic carbocycles. The lowest BCUT2D eigenvalue weighted by atomic mass is 9.77. The maximum Gasteiger partial charge on any atom is 0.272 e. The summed E-state index contributed by atoms with van der Waals surface area (Å²) >= 11 is 0. The van der Waals surface area contributed by atoms with Crippen LogP contribution in [0.15, 0.2) is 18.3 Å². The normalized spacial score (nSPS) is 30.5. The highest BCUT2D eigenvalue weighted by Crippen LogP contribution is 2.43. The summed E-state index contributed by atoms with van der Waals surface area (Å²) in [4.78, 5) is 21.9. The molecule has 2 saturated carbocycles. The van der Waals surface area contributed by atoms with E-state index in [-0.39, 0.29) is 11.9 Å². The van der Waals surface area contributed by atoms with Crippen molar-refractivity contribution in [1.82, 2.24) is 24.9 Å². The van der Waals surface area contributed by atoms with Gasteiger partial charge < -0.3 is 14.9 Å². The quantitative estimate of drug-likeness (QED) is 0.831. The number of aromatic nitrogens is 4. The molecule has 4 atom stereocenters. The van der Waals surface area contributed by atoms with Gasteiger partial charge in [0.2, 0.25) is 0 Å². The van der Waals surface area contributed by atoms with Crippen LogP contribution in [0.5, 0.6) is 0 Å². The monoisotopic (exact) mass is 408 g/mol. The number of nitrogens with zero attached hydrogens (tertiary/aromatic N) is 6. The fourth-order valence-electron chi connectivity index (χ4n) is 5.55. The lowest BCUT2D eigenvalue weighted by molar-refractivity contribution is 0.0298. The molecule has 158 valence electrons. The van der Waals surface area contributed by atoms with Crippen molar-refractivity contribution in [2.45, 2.75) is 50.2 Å². The molecule has 0 radical (unpaired) electrons. The molecule has 6 rings (SSSR count). The number of carbonyl (C=O) groups is 1. The molecule has 0 unspecified atom stereocenters. The van der Waals surface area contributed by atoms with E-state index < -0.39 is 6.10 Å². The van der Waals surface area contributed by atoms with Crippen LogP contribution in [-0.4, -0.2) is 68.7 Å². The summed E-state index contributed by atoms with van der Waals surface area (Å²) in [5.41, 5.74) is 2.80. The number of anilines is 1. The van der Waals surface area contributed by atoms with Gasteiger partial charge in [-0.15, -0.1) is 5.10 Å². The van der Waals surface area contributed by atoms with Gasteiger partial charge in [0, 0.05) is 38.8 Å². The van der Waals surface area contributed by atoms with Crippen LogP contribution in [-0.2, 0) is 6.42 Å². The average Bonchev–Trinajstić information content (AvgIpc) is 3.17. The largest absolute Gasteiger partial charge is 0.391 e. The van der Waals surface area contributed by atoms with Crippen molar-refractivity contribution < 1.29 is 9.90 Å². The second kappa shape index (κ2) is 6.77. The van der Waals surface area contributed by atoms with Crippen molar-refractivity contribution in [2.75, 3.05) is 31.6 Å². The number of likely N-dealkylation sites (tertiary alicyclic amines) is 1. The van der Waals surface area contributed by atoms with Crippen molar-refractivity contribution >= 4 is 11.7 Å². The Morgan fingerprint density at radius 3 is 2.77 bits per heavy atom. The van der Waals surface area contributed by atoms with Crippen LogP contribution in [0.3, 0.4) is 0 Å². The minimum atomic E-state index is -0.443. The lowest BCUT2D eigenvalue weighted by Crippen LogP contribution is -2.36. The highest BCUT2D eigenvalue weighted by atomic mass is 16.3. The van der Waals surface area contributed by atoms with E-state index in [1.807, 2.05) is 35.0 Å². The molecule has 2 aliphatic heterocycles. The van der Waals surface area contributed by atoms with Crippen LogP contribution in [0.4, 0.5) is 5.82 Å². The van der Waals surface area contributed by atoms with Gasteiger partial charge >= 0.3 is 0 Å². The molecule has 1 saturated heterocycles. The van der Waals surface area contributed by atoms with Crippen molar-refractivity contribution in [3.05, 3.63) is 35.3 Å². The van der Waals surface area contributed by atoms with E-state index in [1.54, 1.807) is 0 Å². The Labute approximate surface area is 175 Å². The number of pyridine rings is 1. The first kappa shape index (κ1) is 18.3. The molecule has 30 heavy (non-hydrogen) atoms. The third-order valence-electron chi connectivity index (χ3n) is 7.51. The van der Waals surface area contributed by atoms with Crippen LogP contribution in [0.1, 0.15) is 59.4 Å². The van der Waals surface area contributed by atoms with E-state index in [9.17, 15) is 9.90 Å². The van der Waals surface area contributed by atoms with Gasteiger partial charge in [0.15, 0.2) is 0 Å². The predicted octanol–water partition coefficient (Wildman–Crippen LogP) is 1.63. The van der Waals surface area contributed by atoms with Gasteiger partial charge in [-0.05, 0) is 55.6 Å². The number of rotatable bonds is 3. The summed E-state index contributed by atoms with van der Waals surface area (Å²) in [5, 5.41) is 19.4. The third-order valence-corrected chi connectivity index (χ3v) is 7.51. The zero-order chi connectivity index (χ0) is 20.4. The summed E-state index contributed by atoms with van der Waals surface area (Å²) in [6, 6.07) is 3.87. The van der Waals surface area contributed by atoms with E-state index in [4.69, 9.17) is 0 Å². The van der Waals surface area contributed by atoms with E-state index in [1.165, 1.54) is 18.4 Å². The van der Waals surface area contributed by atoms with Gasteiger partial charge in [0.05, 0.1) is 17.8 Å². The molecule has 2 aliphatic carbocycles. The molecule has 0 spiro atoms. The number of hydrogen-bond acceptors (Lipinski definition) is 6. The number of hydrogen-bond donors (Lipinski definition) is 1. The molecular weight excluding hydrogens is 380 g/mol. The molecule has 8 nitrogen and oxygen atoms in total. The first-order valence-corrected chi connectivity index (χ1v) is 11.2. The Morgan fingerprint density at radius 2 is 1.97 bits per heavy atom. The van der Waals surface area contributed by atoms with E-state index in [0.29, 0.717) is 36.4 Å². The Bertz CT molecular complexity index is 986. The molecule has 3 fully saturated rings. The fourth-order valence-corrected chi connectivity index (χ4v) is 5.55. The van der Waals surface area contributed by atoms with Crippen LogP contribution >= 0.6 is 0 Å². The highest BCUT2D eigenvalue weighted by Gasteiger charge is 2.44. The molecule has 1 amide bonds. The Hall–Kier alpha value is -2.48. The van der Waals surface area contributed by atoms with E-state index in [0.717, 1.165) is 37.4 Å². The zero-order valence-electron chi connectivity index (χ0n) is 17.3. The van der Waals surface area contributed by atoms with Crippen LogP contribution in [0.2, 0.25) is 0 Å². The van der Waals surface area contributed by atoms with Crippen LogP contribution in [0, 0.1) is 11.8 Å². The predicted molar refractivity (Wildman–Crippen MR) is 110 cm³/mol. The number of aliphatic hydroxyl groups is 1. The number of likely N-dealkylation sites (N-methyl/N-ethyl adjacent to an activating group) is 1. The summed E-state index contributed by atoms with van der Waals surface area (Å²) in [5.74, 6) is 2.23. The van der Waals surface area contributed by atoms with Crippen LogP contribution < -0.4 is 4.90 Å². The zero-order valence-corrected chi connectivity index (χ0v) is 17.3. The summed E-state index contributed by atoms with van der Waals surface area (Å²) < 4.78 is 1.87. The summed E-state index contributed by atoms with van der Waals surface area (Å²) in [6.45, 7) is 2.38. The number of fused-ring (bicyclic) bond motifs is 2. The highest BCUT2D eigenvalue weighted by molar-refractivity contribution is 5.93. The Balaban J connectivity index is 1.17. The minimum Gasteiger partial charge on any atom is -0.391 e. The van der Waals surface area contributed by atoms with E-state index >= 15 is 0 Å². The van der Waals surface area contributed by atoms with Gasteiger partial charge in [-0.2, -0.15) is 0 Å². The van der Waals surface area contributed by atoms with Crippen molar-refractivity contribution in [3.8, 4) is 0 Å². The average molecular weight is 409 g/mol. The second-order valence-corrected chi connectivity index (χ2v) is 9.58. The van der Waals surface area contributed by atoms with Gasteiger partial charge in [0.1, 0.15) is 11.5 Å². The van der Waals surface area contributed by atoms with Gasteiger partial charge in [-0.1, -0.05) is 11.3 Å². The summed E-state index contributed by atoms with van der Waals surface area (Å²) in [6.07, 6.45) is 6.50. The molecule has 1 N–H and O–H groups in total. The fraction of sp³-hybridized carbons (Fsp3) is 0.636. The smallest absolute Gasteiger partial charge is 0.272 e. The Kier molecular flexibility index (Phi) is 4.13. The first-order valence-electron chi connectivity index (χ1n) is 11.2. The second-order valence-electron chi connectivity index (χ2n) is 9.58. The third kappa shape index (κ3) is 3.00. The number of carbonyl (C=O) groups excluding carboxylic acids is 1. The summed E-state index contributed by atoms with van der Waals surface area (Å²) in [7, 11) is 2.03. The van der Waals surface area contributed by atoms with Crippen molar-refractivity contribution in [2.24, 2.45) is 11.8 Å². The van der Waals surface area contributed by atoms with Gasteiger partial charge in [0.25, 0.3) is 5.91 Å². The maximum atomic E-state index is 13.2. The maximum absolute atomic E-state index is 13.2. The molecule has 0 bridgehead atoms. The number of amides is 1. The minimum absolute atomic E-state index is 0.00955. The Morgan fingerprint density at radius 1 is 1.17 bits per heavy atom. The standard InChI is InChI=1S/C22H28N6O2/c1-26-7-6-14-4-5-17(23-21(14)26)22(30)27-10-15-8-19(20(29)9-16(15)11-27)28-12-18(24-25-28)13-2-3-13/h4-5,12-13,15-16,19-20,29H,2-3,6-11H2,1H3/t15-,16+,19-,20-/m1/s1. The topological polar surface area (TPSA) is 87.4 Å². The van der Waals surface area contributed by atoms with Gasteiger partial charge in [-0.25, -0.2) is 9.67 Å². The number of aliphatic hydroxyl groups excluding tert-OH is 1. The molecule has 4 aliphatic rings. The molecule has 8 heteroatoms. The molecule has 2 aromatic rings. The van der Waals surface area contributed by atoms with Crippen molar-refractivity contribution in [3.63, 3.8) is 0 Å². The van der Waals surface area contributed by atoms with Crippen LogP contribution in [0.25, 0.3) is 0 Å². The SMILES string of the molecule is CN1CCc2ccc(C(=O)N3C[C@H]4C[C@@H](n5cc(C6CC6)nn5)[C@H](O)C[C@H]4C3)nc21. The molecular formula is C22H28N6O2. The first-order chi connectivity index (χ1) is 14.6. The van der Waals surface area contributed by atoms with Gasteiger partial charge in [-0.3, -0.25) is 4.79 Å². The van der Waals surface area contributed by atoms with Crippen molar-refractivity contribution in [1.29, 1.82) is 0 Å². The molecule has 4 heterocycles. The molecule has 2 aromatic heterocycles. The van der Waals surface area contributed by atoms with E-state index in [2.05, 4.69) is 20.2 Å².